The van der Waals surface area contributed by atoms with Crippen molar-refractivity contribution in [1.82, 2.24) is 0 Å². The van der Waals surface area contributed by atoms with Gasteiger partial charge in [0.05, 0.1) is 6.61 Å². The summed E-state index contributed by atoms with van der Waals surface area (Å²) >= 11 is 3.35. The molecule has 18 heavy (non-hydrogen) atoms. The van der Waals surface area contributed by atoms with Gasteiger partial charge in [0.25, 0.3) is 0 Å². The number of rotatable bonds is 6. The lowest BCUT2D eigenvalue weighted by molar-refractivity contribution is 0.115. The lowest BCUT2D eigenvalue weighted by atomic mass is 9.77. The highest BCUT2D eigenvalue weighted by Gasteiger charge is 2.36. The van der Waals surface area contributed by atoms with E-state index in [0.717, 1.165) is 10.9 Å². The predicted octanol–water partition coefficient (Wildman–Crippen LogP) is 2.87. The highest BCUT2D eigenvalue weighted by Crippen LogP contribution is 2.41. The molecule has 0 aliphatic heterocycles. The topological polar surface area (TPSA) is 46.2 Å². The Kier molecular flexibility index (Phi) is 4.41. The summed E-state index contributed by atoms with van der Waals surface area (Å²) < 4.78 is 14.6. The molecule has 0 aromatic heterocycles. The highest BCUT2D eigenvalue weighted by molar-refractivity contribution is 9.10. The molecule has 3 N–H and O–H groups in total. The van der Waals surface area contributed by atoms with E-state index in [1.165, 1.54) is 18.9 Å². The number of benzene rings is 1. The molecule has 4 heteroatoms. The van der Waals surface area contributed by atoms with Gasteiger partial charge in [-0.2, -0.15) is 0 Å². The Morgan fingerprint density at radius 3 is 2.72 bits per heavy atom. The lowest BCUT2D eigenvalue weighted by Gasteiger charge is -2.31. The van der Waals surface area contributed by atoms with E-state index in [4.69, 9.17) is 5.73 Å². The molecule has 1 saturated carbocycles. The lowest BCUT2D eigenvalue weighted by Crippen LogP contribution is -2.37. The van der Waals surface area contributed by atoms with Gasteiger partial charge in [0.2, 0.25) is 0 Å². The molecular weight excluding hydrogens is 297 g/mol. The van der Waals surface area contributed by atoms with E-state index in [-0.39, 0.29) is 17.8 Å². The second-order valence-electron chi connectivity index (χ2n) is 5.42. The second-order valence-corrected chi connectivity index (χ2v) is 6.34. The van der Waals surface area contributed by atoms with Gasteiger partial charge >= 0.3 is 0 Å². The van der Waals surface area contributed by atoms with Gasteiger partial charge in [0, 0.05) is 16.4 Å². The van der Waals surface area contributed by atoms with Crippen LogP contribution >= 0.6 is 15.9 Å². The van der Waals surface area contributed by atoms with Gasteiger partial charge in [0.1, 0.15) is 5.82 Å². The Morgan fingerprint density at radius 1 is 1.44 bits per heavy atom. The summed E-state index contributed by atoms with van der Waals surface area (Å²) in [5, 5.41) is 9.66. The minimum atomic E-state index is -0.372. The predicted molar refractivity (Wildman–Crippen MR) is 73.7 cm³/mol. The normalized spacial score (nSPS) is 18.7. The molecule has 1 atom stereocenters. The van der Waals surface area contributed by atoms with Crippen LogP contribution in [-0.4, -0.2) is 18.3 Å². The number of aliphatic hydroxyl groups excluding tert-OH is 1. The molecule has 2 nitrogen and oxygen atoms in total. The van der Waals surface area contributed by atoms with Crippen LogP contribution in [0.1, 0.15) is 24.8 Å². The van der Waals surface area contributed by atoms with Crippen molar-refractivity contribution in [1.29, 1.82) is 0 Å². The molecule has 0 radical (unpaired) electrons. The van der Waals surface area contributed by atoms with E-state index in [0.29, 0.717) is 24.4 Å². The van der Waals surface area contributed by atoms with Crippen molar-refractivity contribution >= 4 is 15.9 Å². The summed E-state index contributed by atoms with van der Waals surface area (Å²) in [4.78, 5) is 0. The molecule has 0 saturated heterocycles. The Labute approximate surface area is 116 Å². The Morgan fingerprint density at radius 2 is 2.17 bits per heavy atom. The average Bonchev–Trinajstić information content (AvgIpc) is 3.16. The molecule has 0 heterocycles. The van der Waals surface area contributed by atoms with Gasteiger partial charge in [-0.15, -0.1) is 0 Å². The van der Waals surface area contributed by atoms with Gasteiger partial charge in [-0.25, -0.2) is 4.39 Å². The van der Waals surface area contributed by atoms with E-state index in [1.807, 2.05) is 0 Å². The van der Waals surface area contributed by atoms with Gasteiger partial charge in [0.15, 0.2) is 0 Å². The molecule has 1 fully saturated rings. The van der Waals surface area contributed by atoms with E-state index in [1.54, 1.807) is 12.1 Å². The number of halogens is 2. The van der Waals surface area contributed by atoms with Crippen LogP contribution in [0.15, 0.2) is 22.7 Å². The standard InChI is InChI=1S/C14H19BrFNO/c15-12-3-4-13(16)11(5-12)7-14(8-17,9-18)6-10-1-2-10/h3-5,10,18H,1-2,6-9,17H2. The van der Waals surface area contributed by atoms with Crippen molar-refractivity contribution in [2.75, 3.05) is 13.2 Å². The fourth-order valence-electron chi connectivity index (χ4n) is 2.43. The van der Waals surface area contributed by atoms with Crippen molar-refractivity contribution in [3.8, 4) is 0 Å². The van der Waals surface area contributed by atoms with Crippen molar-refractivity contribution < 1.29 is 9.50 Å². The van der Waals surface area contributed by atoms with Crippen LogP contribution in [-0.2, 0) is 6.42 Å². The minimum absolute atomic E-state index is 0.0198. The summed E-state index contributed by atoms with van der Waals surface area (Å²) in [5.41, 5.74) is 6.09. The quantitative estimate of drug-likeness (QED) is 0.848. The van der Waals surface area contributed by atoms with E-state index in [2.05, 4.69) is 15.9 Å². The van der Waals surface area contributed by atoms with Crippen LogP contribution < -0.4 is 5.73 Å². The maximum absolute atomic E-state index is 13.8. The molecule has 2 rings (SSSR count). The third-order valence-corrected chi connectivity index (χ3v) is 4.25. The molecule has 0 spiro atoms. The fraction of sp³-hybridized carbons (Fsp3) is 0.571. The van der Waals surface area contributed by atoms with Crippen LogP contribution in [0, 0.1) is 17.2 Å². The smallest absolute Gasteiger partial charge is 0.126 e. The van der Waals surface area contributed by atoms with Crippen LogP contribution in [0.25, 0.3) is 0 Å². The molecule has 1 aromatic carbocycles. The molecule has 1 unspecified atom stereocenters. The van der Waals surface area contributed by atoms with Gasteiger partial charge in [-0.1, -0.05) is 28.8 Å². The SMILES string of the molecule is NCC(CO)(Cc1cc(Br)ccc1F)CC1CC1. The number of nitrogens with two attached hydrogens (primary N) is 1. The highest BCUT2D eigenvalue weighted by atomic mass is 79.9. The zero-order chi connectivity index (χ0) is 13.2. The molecule has 1 aliphatic rings. The first kappa shape index (κ1) is 14.0. The zero-order valence-corrected chi connectivity index (χ0v) is 11.9. The summed E-state index contributed by atoms with van der Waals surface area (Å²) in [5.74, 6) is 0.441. The molecule has 1 aromatic rings. The third-order valence-electron chi connectivity index (χ3n) is 3.76. The molecule has 1 aliphatic carbocycles. The summed E-state index contributed by atoms with van der Waals surface area (Å²) in [7, 11) is 0. The van der Waals surface area contributed by atoms with Crippen LogP contribution in [0.5, 0.6) is 0 Å². The Balaban J connectivity index is 2.18. The van der Waals surface area contributed by atoms with Crippen molar-refractivity contribution in [3.63, 3.8) is 0 Å². The summed E-state index contributed by atoms with van der Waals surface area (Å²) in [6, 6.07) is 4.92. The van der Waals surface area contributed by atoms with E-state index < -0.39 is 0 Å². The first-order chi connectivity index (χ1) is 8.58. The summed E-state index contributed by atoms with van der Waals surface area (Å²) in [6.45, 7) is 0.415. The molecule has 100 valence electrons. The van der Waals surface area contributed by atoms with E-state index in [9.17, 15) is 9.50 Å². The maximum atomic E-state index is 13.8. The fourth-order valence-corrected chi connectivity index (χ4v) is 2.84. The first-order valence-corrected chi connectivity index (χ1v) is 7.13. The van der Waals surface area contributed by atoms with Gasteiger partial charge < -0.3 is 10.8 Å². The average molecular weight is 316 g/mol. The maximum Gasteiger partial charge on any atom is 0.126 e. The van der Waals surface area contributed by atoms with Crippen molar-refractivity contribution in [2.24, 2.45) is 17.1 Å². The number of aliphatic hydroxyl groups is 1. The minimum Gasteiger partial charge on any atom is -0.396 e. The van der Waals surface area contributed by atoms with Crippen LogP contribution in [0.3, 0.4) is 0 Å². The number of hydrogen-bond donors (Lipinski definition) is 2. The zero-order valence-electron chi connectivity index (χ0n) is 10.3. The van der Waals surface area contributed by atoms with Gasteiger partial charge in [-0.05, 0) is 42.5 Å². The molecule has 0 amide bonds. The van der Waals surface area contributed by atoms with Crippen molar-refractivity contribution in [3.05, 3.63) is 34.1 Å². The number of hydrogen-bond acceptors (Lipinski definition) is 2. The summed E-state index contributed by atoms with van der Waals surface area (Å²) in [6.07, 6.45) is 3.82. The second kappa shape index (κ2) is 5.68. The van der Waals surface area contributed by atoms with Crippen LogP contribution in [0.4, 0.5) is 4.39 Å². The molecule has 0 bridgehead atoms. The Hall–Kier alpha value is -0.450. The monoisotopic (exact) mass is 315 g/mol. The van der Waals surface area contributed by atoms with E-state index >= 15 is 0 Å². The van der Waals surface area contributed by atoms with Crippen LogP contribution in [0.2, 0.25) is 0 Å². The van der Waals surface area contributed by atoms with Gasteiger partial charge in [-0.3, -0.25) is 0 Å². The van der Waals surface area contributed by atoms with Crippen molar-refractivity contribution in [2.45, 2.75) is 25.7 Å². The largest absolute Gasteiger partial charge is 0.396 e. The Bertz CT molecular complexity index is 416. The third kappa shape index (κ3) is 3.31. The first-order valence-electron chi connectivity index (χ1n) is 6.33. The molecular formula is C14H19BrFNO.